The summed E-state index contributed by atoms with van der Waals surface area (Å²) < 4.78 is 0. The van der Waals surface area contributed by atoms with E-state index in [0.717, 1.165) is 5.56 Å². The lowest BCUT2D eigenvalue weighted by Gasteiger charge is -2.03. The maximum Gasteiger partial charge on any atom is 0.256 e. The molecule has 0 atom stereocenters. The summed E-state index contributed by atoms with van der Waals surface area (Å²) in [7, 11) is 0. The van der Waals surface area contributed by atoms with Crippen LogP contribution in [0.1, 0.15) is 29.8 Å². The van der Waals surface area contributed by atoms with Gasteiger partial charge in [-0.1, -0.05) is 18.2 Å². The summed E-state index contributed by atoms with van der Waals surface area (Å²) in [6.45, 7) is 3.22. The van der Waals surface area contributed by atoms with Crippen molar-refractivity contribution >= 4 is 17.4 Å². The van der Waals surface area contributed by atoms with Crippen LogP contribution in [0.25, 0.3) is 5.70 Å². The second-order valence-corrected chi connectivity index (χ2v) is 3.56. The second-order valence-electron chi connectivity index (χ2n) is 3.56. The molecule has 0 saturated carbocycles. The summed E-state index contributed by atoms with van der Waals surface area (Å²) in [6.07, 6.45) is 0. The zero-order valence-corrected chi connectivity index (χ0v) is 8.63. The molecule has 0 aliphatic carbocycles. The van der Waals surface area contributed by atoms with Crippen molar-refractivity contribution in [3.63, 3.8) is 0 Å². The Morgan fingerprint density at radius 2 is 1.73 bits per heavy atom. The van der Waals surface area contributed by atoms with Crippen LogP contribution in [0.5, 0.6) is 0 Å². The summed E-state index contributed by atoms with van der Waals surface area (Å²) in [5.74, 6) is -0.164. The smallest absolute Gasteiger partial charge is 0.256 e. The van der Waals surface area contributed by atoms with Crippen molar-refractivity contribution in [1.82, 2.24) is 5.32 Å². The molecule has 1 aromatic rings. The Balaban J connectivity index is 2.64. The van der Waals surface area contributed by atoms with Crippen molar-refractivity contribution in [3.8, 4) is 0 Å². The van der Waals surface area contributed by atoms with Crippen LogP contribution in [-0.2, 0) is 4.79 Å². The van der Waals surface area contributed by atoms with Crippen molar-refractivity contribution in [3.05, 3.63) is 41.0 Å². The molecular formula is C12H11NO2. The van der Waals surface area contributed by atoms with Gasteiger partial charge in [-0.15, -0.1) is 0 Å². The van der Waals surface area contributed by atoms with Crippen molar-refractivity contribution in [2.24, 2.45) is 0 Å². The average molecular weight is 201 g/mol. The van der Waals surface area contributed by atoms with Crippen LogP contribution in [0.15, 0.2) is 29.8 Å². The molecule has 0 aromatic heterocycles. The topological polar surface area (TPSA) is 46.2 Å². The van der Waals surface area contributed by atoms with E-state index in [2.05, 4.69) is 5.32 Å². The van der Waals surface area contributed by atoms with E-state index < -0.39 is 0 Å². The van der Waals surface area contributed by atoms with Gasteiger partial charge >= 0.3 is 0 Å². The van der Waals surface area contributed by atoms with Gasteiger partial charge in [0.15, 0.2) is 5.78 Å². The number of rotatable bonds is 1. The van der Waals surface area contributed by atoms with Gasteiger partial charge in [-0.2, -0.15) is 0 Å². The largest absolute Gasteiger partial charge is 0.321 e. The average Bonchev–Trinajstić information content (AvgIpc) is 2.56. The summed E-state index contributed by atoms with van der Waals surface area (Å²) in [5, 5.41) is 2.72. The highest BCUT2D eigenvalue weighted by molar-refractivity contribution is 6.13. The minimum absolute atomic E-state index is 0.0259. The number of amides is 1. The third-order valence-corrected chi connectivity index (χ3v) is 2.58. The van der Waals surface area contributed by atoms with Crippen LogP contribution in [0.3, 0.4) is 0 Å². The monoisotopic (exact) mass is 201 g/mol. The molecule has 1 heterocycles. The number of carbonyl (C=O) groups is 2. The Morgan fingerprint density at radius 1 is 1.13 bits per heavy atom. The van der Waals surface area contributed by atoms with Gasteiger partial charge in [-0.25, -0.2) is 0 Å². The Bertz CT molecular complexity index is 486. The highest BCUT2D eigenvalue weighted by Gasteiger charge is 2.25. The molecule has 1 aliphatic rings. The molecule has 0 saturated heterocycles. The van der Waals surface area contributed by atoms with E-state index in [1.807, 2.05) is 18.2 Å². The predicted molar refractivity (Wildman–Crippen MR) is 57.2 cm³/mol. The first-order chi connectivity index (χ1) is 7.11. The van der Waals surface area contributed by atoms with E-state index in [1.54, 1.807) is 13.0 Å². The molecule has 0 spiro atoms. The first-order valence-electron chi connectivity index (χ1n) is 4.74. The summed E-state index contributed by atoms with van der Waals surface area (Å²) in [4.78, 5) is 22.8. The van der Waals surface area contributed by atoms with E-state index in [9.17, 15) is 9.59 Å². The molecule has 1 N–H and O–H groups in total. The van der Waals surface area contributed by atoms with E-state index >= 15 is 0 Å². The molecule has 1 aromatic carbocycles. The highest BCUT2D eigenvalue weighted by Crippen LogP contribution is 2.26. The number of allylic oxidation sites excluding steroid dienone is 1. The van der Waals surface area contributed by atoms with Crippen molar-refractivity contribution < 1.29 is 9.59 Å². The summed E-state index contributed by atoms with van der Waals surface area (Å²) in [6, 6.07) is 7.26. The lowest BCUT2D eigenvalue weighted by Crippen LogP contribution is -2.14. The fourth-order valence-corrected chi connectivity index (χ4v) is 1.62. The van der Waals surface area contributed by atoms with Crippen molar-refractivity contribution in [2.75, 3.05) is 0 Å². The Kier molecular flexibility index (Phi) is 2.15. The van der Waals surface area contributed by atoms with Crippen molar-refractivity contribution in [2.45, 2.75) is 13.8 Å². The molecule has 3 nitrogen and oxygen atoms in total. The maximum atomic E-state index is 11.5. The Morgan fingerprint density at radius 3 is 2.33 bits per heavy atom. The quantitative estimate of drug-likeness (QED) is 0.703. The van der Waals surface area contributed by atoms with Gasteiger partial charge in [-0.3, -0.25) is 9.59 Å². The number of hydrogen-bond donors (Lipinski definition) is 1. The predicted octanol–water partition coefficient (Wildman–Crippen LogP) is 1.75. The zero-order chi connectivity index (χ0) is 11.0. The van der Waals surface area contributed by atoms with Crippen LogP contribution < -0.4 is 5.32 Å². The summed E-state index contributed by atoms with van der Waals surface area (Å²) in [5.41, 5.74) is 2.68. The molecule has 0 radical (unpaired) electrons. The molecule has 1 amide bonds. The van der Waals surface area contributed by atoms with Gasteiger partial charge in [0.05, 0.1) is 5.70 Å². The molecule has 0 fully saturated rings. The third kappa shape index (κ3) is 1.46. The van der Waals surface area contributed by atoms with Gasteiger partial charge in [0, 0.05) is 16.7 Å². The molecule has 1 aliphatic heterocycles. The van der Waals surface area contributed by atoms with Crippen LogP contribution >= 0.6 is 0 Å². The first-order valence-corrected chi connectivity index (χ1v) is 4.74. The molecule has 3 heteroatoms. The number of fused-ring (bicyclic) bond motifs is 1. The van der Waals surface area contributed by atoms with Crippen LogP contribution in [0, 0.1) is 0 Å². The maximum absolute atomic E-state index is 11.5. The van der Waals surface area contributed by atoms with Crippen LogP contribution in [0.4, 0.5) is 0 Å². The Hall–Kier alpha value is -1.90. The van der Waals surface area contributed by atoms with E-state index in [4.69, 9.17) is 0 Å². The minimum Gasteiger partial charge on any atom is -0.321 e. The second kappa shape index (κ2) is 3.35. The van der Waals surface area contributed by atoms with Gasteiger partial charge < -0.3 is 5.32 Å². The van der Waals surface area contributed by atoms with Gasteiger partial charge in [0.1, 0.15) is 0 Å². The third-order valence-electron chi connectivity index (χ3n) is 2.58. The van der Waals surface area contributed by atoms with Crippen molar-refractivity contribution in [1.29, 1.82) is 0 Å². The number of ketones is 1. The lowest BCUT2D eigenvalue weighted by atomic mass is 10.0. The fourth-order valence-electron chi connectivity index (χ4n) is 1.62. The number of Topliss-reactive ketones (excluding diaryl/α,β-unsaturated/α-hetero) is 1. The number of carbonyl (C=O) groups excluding carboxylic acids is 2. The molecule has 15 heavy (non-hydrogen) atoms. The minimum atomic E-state index is -0.138. The first kappa shape index (κ1) is 9.65. The van der Waals surface area contributed by atoms with E-state index in [0.29, 0.717) is 16.8 Å². The number of hydrogen-bond acceptors (Lipinski definition) is 2. The molecule has 0 unspecified atom stereocenters. The highest BCUT2D eigenvalue weighted by atomic mass is 16.2. The molecular weight excluding hydrogens is 190 g/mol. The lowest BCUT2D eigenvalue weighted by molar-refractivity contribution is -0.113. The van der Waals surface area contributed by atoms with Gasteiger partial charge in [0.25, 0.3) is 5.91 Å². The van der Waals surface area contributed by atoms with E-state index in [1.165, 1.54) is 6.92 Å². The fraction of sp³-hybridized carbons (Fsp3) is 0.167. The Labute approximate surface area is 87.8 Å². The van der Waals surface area contributed by atoms with Crippen LogP contribution in [0.2, 0.25) is 0 Å². The zero-order valence-electron chi connectivity index (χ0n) is 8.63. The normalized spacial score (nSPS) is 17.1. The SMILES string of the molecule is CC(=O)/C(C)=C1/NC(=O)c2ccccc21. The van der Waals surface area contributed by atoms with E-state index in [-0.39, 0.29) is 11.7 Å². The van der Waals surface area contributed by atoms with Crippen LogP contribution in [-0.4, -0.2) is 11.7 Å². The molecule has 0 bridgehead atoms. The summed E-state index contributed by atoms with van der Waals surface area (Å²) >= 11 is 0. The number of benzene rings is 1. The van der Waals surface area contributed by atoms with Gasteiger partial charge in [-0.05, 0) is 19.9 Å². The number of nitrogens with one attached hydrogen (secondary N) is 1. The molecule has 2 rings (SSSR count). The molecule has 76 valence electrons. The standard InChI is InChI=1S/C12H11NO2/c1-7(8(2)14)11-9-5-3-4-6-10(9)12(15)13-11/h3-6H,1-2H3,(H,13,15)/b11-7+. The van der Waals surface area contributed by atoms with Gasteiger partial charge in [0.2, 0.25) is 0 Å².